The second-order valence-corrected chi connectivity index (χ2v) is 5.50. The fourth-order valence-electron chi connectivity index (χ4n) is 2.44. The lowest BCUT2D eigenvalue weighted by atomic mass is 9.97. The van der Waals surface area contributed by atoms with Crippen LogP contribution in [-0.4, -0.2) is 67.9 Å². The van der Waals surface area contributed by atoms with Crippen molar-refractivity contribution in [3.63, 3.8) is 0 Å². The molecule has 0 aromatic carbocycles. The molecule has 1 unspecified atom stereocenters. The third-order valence-corrected chi connectivity index (χ3v) is 3.73. The first-order valence-electron chi connectivity index (χ1n) is 7.26. The molecule has 0 aliphatic carbocycles. The van der Waals surface area contributed by atoms with E-state index in [1.807, 2.05) is 11.9 Å². The summed E-state index contributed by atoms with van der Waals surface area (Å²) in [6.45, 7) is 2.03. The zero-order chi connectivity index (χ0) is 15.8. The zero-order valence-corrected chi connectivity index (χ0v) is 12.8. The number of likely N-dealkylation sites (tertiary alicyclic amines) is 1. The van der Waals surface area contributed by atoms with Gasteiger partial charge in [-0.3, -0.25) is 19.3 Å². The summed E-state index contributed by atoms with van der Waals surface area (Å²) in [6.07, 6.45) is 2.57. The fraction of sp³-hybridized carbons (Fsp3) is 0.786. The topological polar surface area (TPSA) is 92.9 Å². The Hall–Kier alpha value is -1.63. The summed E-state index contributed by atoms with van der Waals surface area (Å²) in [5, 5.41) is 0. The number of nitrogens with two attached hydrogens (primary N) is 1. The molecule has 1 fully saturated rings. The summed E-state index contributed by atoms with van der Waals surface area (Å²) in [7, 11) is 3.20. The molecule has 2 amide bonds. The fourth-order valence-corrected chi connectivity index (χ4v) is 2.44. The number of nitrogens with zero attached hydrogens (tertiary/aromatic N) is 2. The van der Waals surface area contributed by atoms with Crippen LogP contribution in [0.5, 0.6) is 0 Å². The van der Waals surface area contributed by atoms with Crippen LogP contribution in [0.3, 0.4) is 0 Å². The Balaban J connectivity index is 2.31. The van der Waals surface area contributed by atoms with E-state index in [2.05, 4.69) is 4.74 Å². The van der Waals surface area contributed by atoms with Crippen molar-refractivity contribution in [1.29, 1.82) is 0 Å². The molecule has 0 radical (unpaired) electrons. The summed E-state index contributed by atoms with van der Waals surface area (Å²) in [5.74, 6) is -0.803. The van der Waals surface area contributed by atoms with Crippen LogP contribution in [-0.2, 0) is 19.1 Å². The number of rotatable bonds is 7. The molecule has 120 valence electrons. The number of piperidine rings is 1. The summed E-state index contributed by atoms with van der Waals surface area (Å²) in [6, 6.07) is 0. The van der Waals surface area contributed by atoms with Gasteiger partial charge in [-0.15, -0.1) is 0 Å². The summed E-state index contributed by atoms with van der Waals surface area (Å²) >= 11 is 0. The number of ether oxygens (including phenoxy) is 1. The smallest absolute Gasteiger partial charge is 0.305 e. The van der Waals surface area contributed by atoms with Gasteiger partial charge in [-0.2, -0.15) is 0 Å². The lowest BCUT2D eigenvalue weighted by Gasteiger charge is -2.32. The van der Waals surface area contributed by atoms with Gasteiger partial charge < -0.3 is 15.4 Å². The highest BCUT2D eigenvalue weighted by Crippen LogP contribution is 2.16. The van der Waals surface area contributed by atoms with Gasteiger partial charge in [0.15, 0.2) is 0 Å². The molecule has 1 atom stereocenters. The Labute approximate surface area is 125 Å². The highest BCUT2D eigenvalue weighted by atomic mass is 16.5. The quantitative estimate of drug-likeness (QED) is 0.645. The van der Waals surface area contributed by atoms with Gasteiger partial charge in [-0.25, -0.2) is 0 Å². The van der Waals surface area contributed by atoms with Gasteiger partial charge in [0.2, 0.25) is 11.8 Å². The van der Waals surface area contributed by atoms with Gasteiger partial charge in [0.1, 0.15) is 0 Å². The maximum Gasteiger partial charge on any atom is 0.305 e. The molecule has 0 saturated carbocycles. The summed E-state index contributed by atoms with van der Waals surface area (Å²) < 4.78 is 4.57. The minimum Gasteiger partial charge on any atom is -0.469 e. The summed E-state index contributed by atoms with van der Waals surface area (Å²) in [4.78, 5) is 38.0. The van der Waals surface area contributed by atoms with Gasteiger partial charge in [0.05, 0.1) is 19.6 Å². The van der Waals surface area contributed by atoms with Gasteiger partial charge in [0.25, 0.3) is 0 Å². The Morgan fingerprint density at radius 2 is 2.10 bits per heavy atom. The van der Waals surface area contributed by atoms with Crippen LogP contribution in [0, 0.1) is 5.92 Å². The van der Waals surface area contributed by atoms with Crippen LogP contribution in [0.15, 0.2) is 0 Å². The average molecular weight is 299 g/mol. The number of carbonyl (C=O) groups excluding carboxylic acids is 3. The second kappa shape index (κ2) is 8.61. The van der Waals surface area contributed by atoms with Crippen LogP contribution in [0.4, 0.5) is 0 Å². The number of esters is 1. The molecule has 7 nitrogen and oxygen atoms in total. The Morgan fingerprint density at radius 3 is 2.71 bits per heavy atom. The van der Waals surface area contributed by atoms with Gasteiger partial charge >= 0.3 is 5.97 Å². The van der Waals surface area contributed by atoms with Crippen LogP contribution in [0.1, 0.15) is 25.7 Å². The molecule has 0 spiro atoms. The molecule has 2 N–H and O–H groups in total. The number of hydrogen-bond donors (Lipinski definition) is 1. The van der Waals surface area contributed by atoms with E-state index in [1.54, 1.807) is 4.90 Å². The lowest BCUT2D eigenvalue weighted by molar-refractivity contribution is -0.140. The van der Waals surface area contributed by atoms with Crippen LogP contribution >= 0.6 is 0 Å². The number of likely N-dealkylation sites (N-methyl/N-ethyl adjacent to an activating group) is 1. The van der Waals surface area contributed by atoms with Crippen molar-refractivity contribution in [2.24, 2.45) is 11.7 Å². The van der Waals surface area contributed by atoms with E-state index in [-0.39, 0.29) is 30.2 Å². The van der Waals surface area contributed by atoms with Crippen molar-refractivity contribution >= 4 is 17.8 Å². The Morgan fingerprint density at radius 1 is 1.38 bits per heavy atom. The first kappa shape index (κ1) is 17.4. The van der Waals surface area contributed by atoms with Crippen molar-refractivity contribution in [3.8, 4) is 0 Å². The van der Waals surface area contributed by atoms with E-state index in [4.69, 9.17) is 5.73 Å². The number of amides is 2. The van der Waals surface area contributed by atoms with E-state index >= 15 is 0 Å². The van der Waals surface area contributed by atoms with Gasteiger partial charge in [-0.05, 0) is 32.9 Å². The predicted octanol–water partition coefficient (Wildman–Crippen LogP) is -0.405. The van der Waals surface area contributed by atoms with Gasteiger partial charge in [-0.1, -0.05) is 0 Å². The molecule has 1 heterocycles. The molecule has 7 heteroatoms. The highest BCUT2D eigenvalue weighted by Gasteiger charge is 2.27. The SMILES string of the molecule is COC(=O)CCCN(C)CC(=O)N1CCCC(C(N)=O)C1. The van der Waals surface area contributed by atoms with Crippen LogP contribution < -0.4 is 5.73 Å². The maximum absolute atomic E-state index is 12.2. The largest absolute Gasteiger partial charge is 0.469 e. The molecule has 1 aliphatic rings. The molecule has 1 aliphatic heterocycles. The molecular weight excluding hydrogens is 274 g/mol. The zero-order valence-electron chi connectivity index (χ0n) is 12.8. The van der Waals surface area contributed by atoms with Crippen molar-refractivity contribution in [3.05, 3.63) is 0 Å². The monoisotopic (exact) mass is 299 g/mol. The normalized spacial score (nSPS) is 18.6. The molecule has 0 aromatic rings. The highest BCUT2D eigenvalue weighted by molar-refractivity contribution is 5.81. The van der Waals surface area contributed by atoms with E-state index in [1.165, 1.54) is 7.11 Å². The molecule has 1 rings (SSSR count). The first-order valence-corrected chi connectivity index (χ1v) is 7.26. The van der Waals surface area contributed by atoms with E-state index in [0.29, 0.717) is 32.5 Å². The third-order valence-electron chi connectivity index (χ3n) is 3.73. The lowest BCUT2D eigenvalue weighted by Crippen LogP contribution is -2.47. The van der Waals surface area contributed by atoms with E-state index in [9.17, 15) is 14.4 Å². The summed E-state index contributed by atoms with van der Waals surface area (Å²) in [5.41, 5.74) is 5.31. The standard InChI is InChI=1S/C14H25N3O4/c1-16(7-4-6-13(19)21-2)10-12(18)17-8-3-5-11(9-17)14(15)20/h11H,3-10H2,1-2H3,(H2,15,20). The van der Waals surface area contributed by atoms with E-state index in [0.717, 1.165) is 12.8 Å². The van der Waals surface area contributed by atoms with Crippen molar-refractivity contribution in [2.45, 2.75) is 25.7 Å². The van der Waals surface area contributed by atoms with Crippen molar-refractivity contribution in [1.82, 2.24) is 9.80 Å². The number of hydrogen-bond acceptors (Lipinski definition) is 5. The molecule has 21 heavy (non-hydrogen) atoms. The second-order valence-electron chi connectivity index (χ2n) is 5.50. The van der Waals surface area contributed by atoms with Crippen molar-refractivity contribution < 1.29 is 19.1 Å². The minimum atomic E-state index is -0.334. The number of carbonyl (C=O) groups is 3. The van der Waals surface area contributed by atoms with Gasteiger partial charge in [0, 0.05) is 19.5 Å². The minimum absolute atomic E-state index is 0.00141. The molecule has 0 bridgehead atoms. The first-order chi connectivity index (χ1) is 9.93. The average Bonchev–Trinajstić information content (AvgIpc) is 2.47. The Bertz CT molecular complexity index is 386. The number of methoxy groups -OCH3 is 1. The van der Waals surface area contributed by atoms with Crippen LogP contribution in [0.2, 0.25) is 0 Å². The maximum atomic E-state index is 12.2. The van der Waals surface area contributed by atoms with E-state index < -0.39 is 0 Å². The predicted molar refractivity (Wildman–Crippen MR) is 77.2 cm³/mol. The molecule has 0 aromatic heterocycles. The molecular formula is C14H25N3O4. The Kier molecular flexibility index (Phi) is 7.14. The molecule has 1 saturated heterocycles. The van der Waals surface area contributed by atoms with Crippen molar-refractivity contribution in [2.75, 3.05) is 40.3 Å². The number of primary amides is 1. The third kappa shape index (κ3) is 6.12. The van der Waals surface area contributed by atoms with Crippen LogP contribution in [0.25, 0.3) is 0 Å².